The molecular weight excluding hydrogens is 326 g/mol. The molecular formula is C17H21N3O3S. The summed E-state index contributed by atoms with van der Waals surface area (Å²) in [6.45, 7) is 6.51. The van der Waals surface area contributed by atoms with Crippen LogP contribution in [0, 0.1) is 12.8 Å². The number of nitrogens with zero attached hydrogens (tertiary/aromatic N) is 3. The molecule has 0 spiro atoms. The maximum Gasteiger partial charge on any atom is 0.254 e. The van der Waals surface area contributed by atoms with Crippen molar-refractivity contribution in [3.05, 3.63) is 39.9 Å². The first-order valence-electron chi connectivity index (χ1n) is 8.26. The van der Waals surface area contributed by atoms with Gasteiger partial charge in [0.15, 0.2) is 0 Å². The third kappa shape index (κ3) is 3.24. The quantitative estimate of drug-likeness (QED) is 0.850. The first-order chi connectivity index (χ1) is 11.7. The molecule has 0 aliphatic carbocycles. The van der Waals surface area contributed by atoms with Gasteiger partial charge in [-0.05, 0) is 18.4 Å². The predicted octanol–water partition coefficient (Wildman–Crippen LogP) is 2.02. The number of fused-ring (bicyclic) bond motifs is 1. The standard InChI is InChI=1S/C17H21N3O3S/c1-12-6-15(18-23-12)9-19-7-14-8-20(3-4-22-16(14)10-19)17(21)13-2-5-24-11-13/h2,5-6,11,14,16H,3-4,7-10H2,1H3/t14-,16-/m0/s1. The zero-order valence-corrected chi connectivity index (χ0v) is 14.5. The summed E-state index contributed by atoms with van der Waals surface area (Å²) in [5.41, 5.74) is 1.74. The van der Waals surface area contributed by atoms with E-state index >= 15 is 0 Å². The Morgan fingerprint density at radius 3 is 3.08 bits per heavy atom. The number of aryl methyl sites for hydroxylation is 1. The van der Waals surface area contributed by atoms with Gasteiger partial charge in [-0.1, -0.05) is 5.16 Å². The molecule has 0 unspecified atom stereocenters. The van der Waals surface area contributed by atoms with Crippen molar-refractivity contribution in [3.63, 3.8) is 0 Å². The Morgan fingerprint density at radius 2 is 2.33 bits per heavy atom. The molecule has 2 atom stereocenters. The van der Waals surface area contributed by atoms with Gasteiger partial charge in [-0.2, -0.15) is 11.3 Å². The zero-order valence-electron chi connectivity index (χ0n) is 13.7. The van der Waals surface area contributed by atoms with Gasteiger partial charge >= 0.3 is 0 Å². The number of aromatic nitrogens is 1. The van der Waals surface area contributed by atoms with E-state index in [2.05, 4.69) is 10.1 Å². The highest BCUT2D eigenvalue weighted by Crippen LogP contribution is 2.26. The van der Waals surface area contributed by atoms with Crippen LogP contribution >= 0.6 is 11.3 Å². The molecule has 7 heteroatoms. The van der Waals surface area contributed by atoms with Gasteiger partial charge in [-0.15, -0.1) is 0 Å². The normalized spacial score (nSPS) is 24.8. The van der Waals surface area contributed by atoms with Crippen LogP contribution in [0.1, 0.15) is 21.8 Å². The summed E-state index contributed by atoms with van der Waals surface area (Å²) in [5.74, 6) is 1.30. The number of thiophene rings is 1. The highest BCUT2D eigenvalue weighted by Gasteiger charge is 2.37. The first kappa shape index (κ1) is 15.8. The van der Waals surface area contributed by atoms with Crippen LogP contribution in [0.15, 0.2) is 27.4 Å². The van der Waals surface area contributed by atoms with E-state index in [4.69, 9.17) is 9.26 Å². The Morgan fingerprint density at radius 1 is 1.42 bits per heavy atom. The average molecular weight is 347 g/mol. The number of amides is 1. The summed E-state index contributed by atoms with van der Waals surface area (Å²) in [6, 6.07) is 3.87. The second-order valence-electron chi connectivity index (χ2n) is 6.56. The summed E-state index contributed by atoms with van der Waals surface area (Å²) >= 11 is 1.56. The van der Waals surface area contributed by atoms with Crippen molar-refractivity contribution < 1.29 is 14.1 Å². The third-order valence-electron chi connectivity index (χ3n) is 4.72. The number of rotatable bonds is 3. The van der Waals surface area contributed by atoms with E-state index in [1.54, 1.807) is 11.3 Å². The number of hydrogen-bond donors (Lipinski definition) is 0. The fourth-order valence-corrected chi connectivity index (χ4v) is 4.21. The predicted molar refractivity (Wildman–Crippen MR) is 90.0 cm³/mol. The maximum absolute atomic E-state index is 12.6. The monoisotopic (exact) mass is 347 g/mol. The maximum atomic E-state index is 12.6. The second kappa shape index (κ2) is 6.66. The molecule has 0 saturated carbocycles. The molecule has 0 radical (unpaired) electrons. The molecule has 2 saturated heterocycles. The van der Waals surface area contributed by atoms with E-state index < -0.39 is 0 Å². The summed E-state index contributed by atoms with van der Waals surface area (Å²) in [4.78, 5) is 16.9. The molecule has 4 rings (SSSR count). The third-order valence-corrected chi connectivity index (χ3v) is 5.41. The van der Waals surface area contributed by atoms with E-state index in [-0.39, 0.29) is 12.0 Å². The molecule has 2 aromatic heterocycles. The summed E-state index contributed by atoms with van der Waals surface area (Å²) < 4.78 is 11.2. The SMILES string of the molecule is Cc1cc(CN2C[C@H]3CN(C(=O)c4ccsc4)CCO[C@H]3C2)no1. The zero-order chi connectivity index (χ0) is 16.5. The molecule has 0 N–H and O–H groups in total. The number of ether oxygens (including phenoxy) is 1. The van der Waals surface area contributed by atoms with Gasteiger partial charge in [0.25, 0.3) is 5.91 Å². The van der Waals surface area contributed by atoms with E-state index in [0.717, 1.165) is 43.2 Å². The Balaban J connectivity index is 1.40. The van der Waals surface area contributed by atoms with Crippen molar-refractivity contribution in [2.24, 2.45) is 5.92 Å². The minimum absolute atomic E-state index is 0.117. The molecule has 0 aromatic carbocycles. The van der Waals surface area contributed by atoms with E-state index in [1.807, 2.05) is 34.7 Å². The molecule has 1 amide bonds. The highest BCUT2D eigenvalue weighted by atomic mass is 32.1. The summed E-state index contributed by atoms with van der Waals surface area (Å²) in [6.07, 6.45) is 0.193. The fraction of sp³-hybridized carbons (Fsp3) is 0.529. The molecule has 128 valence electrons. The Bertz CT molecular complexity index is 700. The van der Waals surface area contributed by atoms with Crippen LogP contribution in [0.2, 0.25) is 0 Å². The number of likely N-dealkylation sites (tertiary alicyclic amines) is 1. The molecule has 6 nitrogen and oxygen atoms in total. The lowest BCUT2D eigenvalue weighted by molar-refractivity contribution is 0.0500. The Labute approximate surface area is 145 Å². The van der Waals surface area contributed by atoms with Crippen LogP contribution in [0.25, 0.3) is 0 Å². The lowest BCUT2D eigenvalue weighted by atomic mass is 10.1. The molecule has 4 heterocycles. The van der Waals surface area contributed by atoms with Crippen molar-refractivity contribution in [2.75, 3.05) is 32.8 Å². The smallest absolute Gasteiger partial charge is 0.254 e. The largest absolute Gasteiger partial charge is 0.375 e. The van der Waals surface area contributed by atoms with Crippen molar-refractivity contribution in [1.29, 1.82) is 0 Å². The lowest BCUT2D eigenvalue weighted by Gasteiger charge is -2.23. The van der Waals surface area contributed by atoms with Gasteiger partial charge < -0.3 is 14.2 Å². The van der Waals surface area contributed by atoms with Crippen molar-refractivity contribution in [2.45, 2.75) is 19.6 Å². The van der Waals surface area contributed by atoms with Crippen LogP contribution in [0.3, 0.4) is 0 Å². The molecule has 2 aliphatic rings. The van der Waals surface area contributed by atoms with Crippen LogP contribution in [0.4, 0.5) is 0 Å². The fourth-order valence-electron chi connectivity index (χ4n) is 3.58. The molecule has 2 aliphatic heterocycles. The first-order valence-corrected chi connectivity index (χ1v) is 9.21. The number of carbonyl (C=O) groups excluding carboxylic acids is 1. The molecule has 2 aromatic rings. The topological polar surface area (TPSA) is 58.8 Å². The van der Waals surface area contributed by atoms with E-state index in [1.165, 1.54) is 0 Å². The van der Waals surface area contributed by atoms with E-state index in [9.17, 15) is 4.79 Å². The van der Waals surface area contributed by atoms with Gasteiger partial charge in [0, 0.05) is 50.1 Å². The van der Waals surface area contributed by atoms with Gasteiger partial charge in [0.2, 0.25) is 0 Å². The lowest BCUT2D eigenvalue weighted by Crippen LogP contribution is -2.37. The summed E-state index contributed by atoms with van der Waals surface area (Å²) in [5, 5.41) is 7.93. The van der Waals surface area contributed by atoms with E-state index in [0.29, 0.717) is 19.1 Å². The van der Waals surface area contributed by atoms with Gasteiger partial charge in [0.1, 0.15) is 5.76 Å². The van der Waals surface area contributed by atoms with Gasteiger partial charge in [-0.25, -0.2) is 0 Å². The van der Waals surface area contributed by atoms with Crippen molar-refractivity contribution in [3.8, 4) is 0 Å². The molecule has 0 bridgehead atoms. The van der Waals surface area contributed by atoms with Gasteiger partial charge in [0.05, 0.1) is 24.0 Å². The minimum Gasteiger partial charge on any atom is -0.375 e. The van der Waals surface area contributed by atoms with Crippen LogP contribution in [0.5, 0.6) is 0 Å². The van der Waals surface area contributed by atoms with Crippen molar-refractivity contribution >= 4 is 17.2 Å². The Kier molecular flexibility index (Phi) is 4.39. The number of carbonyl (C=O) groups is 1. The van der Waals surface area contributed by atoms with Gasteiger partial charge in [-0.3, -0.25) is 9.69 Å². The number of hydrogen-bond acceptors (Lipinski definition) is 6. The Hall–Kier alpha value is -1.70. The molecule has 2 fully saturated rings. The summed E-state index contributed by atoms with van der Waals surface area (Å²) in [7, 11) is 0. The van der Waals surface area contributed by atoms with Crippen LogP contribution in [-0.2, 0) is 11.3 Å². The minimum atomic E-state index is 0.117. The van der Waals surface area contributed by atoms with Crippen LogP contribution < -0.4 is 0 Å². The van der Waals surface area contributed by atoms with Crippen molar-refractivity contribution in [1.82, 2.24) is 15.0 Å². The average Bonchev–Trinajstić information content (AvgIpc) is 3.27. The second-order valence-corrected chi connectivity index (χ2v) is 7.34. The molecule has 24 heavy (non-hydrogen) atoms. The van der Waals surface area contributed by atoms with Crippen LogP contribution in [-0.4, -0.2) is 59.8 Å². The highest BCUT2D eigenvalue weighted by molar-refractivity contribution is 7.08.